The predicted molar refractivity (Wildman–Crippen MR) is 79.5 cm³/mol. The molecule has 0 radical (unpaired) electrons. The molecule has 0 atom stereocenters. The van der Waals surface area contributed by atoms with Gasteiger partial charge >= 0.3 is 17.9 Å². The molecule has 7 heteroatoms. The normalized spacial score (nSPS) is 13.5. The molecule has 0 spiro atoms. The first-order valence-electron chi connectivity index (χ1n) is 6.74. The monoisotopic (exact) mass is 313 g/mol. The van der Waals surface area contributed by atoms with Gasteiger partial charge in [0, 0.05) is 24.7 Å². The molecule has 1 N–H and O–H groups in total. The van der Waals surface area contributed by atoms with Crippen LogP contribution in [0.1, 0.15) is 34.1 Å². The molecule has 1 heterocycles. The van der Waals surface area contributed by atoms with Gasteiger partial charge in [-0.1, -0.05) is 0 Å². The quantitative estimate of drug-likeness (QED) is 0.622. The third-order valence-electron chi connectivity index (χ3n) is 2.85. The Labute approximate surface area is 130 Å². The number of hydrogen-bond acceptors (Lipinski definition) is 7. The Kier molecular flexibility index (Phi) is 8.59. The van der Waals surface area contributed by atoms with Crippen molar-refractivity contribution in [1.29, 1.82) is 0 Å². The topological polar surface area (TPSA) is 90.9 Å². The Hall–Kier alpha value is -2.31. The van der Waals surface area contributed by atoms with E-state index in [1.807, 2.05) is 0 Å². The van der Waals surface area contributed by atoms with E-state index in [2.05, 4.69) is 19.5 Å². The zero-order chi connectivity index (χ0) is 17.3. The van der Waals surface area contributed by atoms with Crippen molar-refractivity contribution in [3.63, 3.8) is 0 Å². The van der Waals surface area contributed by atoms with Crippen LogP contribution in [-0.4, -0.2) is 38.7 Å². The van der Waals surface area contributed by atoms with E-state index in [0.29, 0.717) is 29.1 Å². The van der Waals surface area contributed by atoms with E-state index in [9.17, 15) is 14.4 Å². The Morgan fingerprint density at radius 2 is 1.41 bits per heavy atom. The summed E-state index contributed by atoms with van der Waals surface area (Å²) in [5.41, 5.74) is 2.32. The smallest absolute Gasteiger partial charge is 0.335 e. The summed E-state index contributed by atoms with van der Waals surface area (Å²) in [7, 11) is 2.62. The molecule has 0 aromatic heterocycles. The maximum absolute atomic E-state index is 11.4. The van der Waals surface area contributed by atoms with Crippen LogP contribution < -0.4 is 5.32 Å². The van der Waals surface area contributed by atoms with Crippen molar-refractivity contribution >= 4 is 17.9 Å². The van der Waals surface area contributed by atoms with Crippen LogP contribution in [0.3, 0.4) is 0 Å². The standard InChI is InChI=1S/C11H15NO4.C4H8O2/c1-6-8(10(13)15-3)5-9(7(2)12-6)11(14)16-4;1-3-6-4(2)5/h12H,5H2,1-4H3;3H2,1-2H3. The second-order valence-electron chi connectivity index (χ2n) is 4.42. The lowest BCUT2D eigenvalue weighted by atomic mass is 9.98. The van der Waals surface area contributed by atoms with Gasteiger partial charge in [-0.25, -0.2) is 9.59 Å². The first-order chi connectivity index (χ1) is 10.3. The van der Waals surface area contributed by atoms with Gasteiger partial charge in [-0.15, -0.1) is 0 Å². The molecule has 1 rings (SSSR count). The van der Waals surface area contributed by atoms with Gasteiger partial charge in [-0.2, -0.15) is 0 Å². The number of ether oxygens (including phenoxy) is 3. The first-order valence-corrected chi connectivity index (χ1v) is 6.74. The first kappa shape index (κ1) is 19.7. The van der Waals surface area contributed by atoms with Gasteiger partial charge in [0.25, 0.3) is 0 Å². The molecular formula is C15H23NO6. The van der Waals surface area contributed by atoms with Crippen LogP contribution in [0.5, 0.6) is 0 Å². The number of carbonyl (C=O) groups is 3. The molecule has 0 aliphatic carbocycles. The summed E-state index contributed by atoms with van der Waals surface area (Å²) in [5.74, 6) is -1.07. The van der Waals surface area contributed by atoms with E-state index in [0.717, 1.165) is 0 Å². The van der Waals surface area contributed by atoms with Crippen molar-refractivity contribution in [3.05, 3.63) is 22.5 Å². The third-order valence-corrected chi connectivity index (χ3v) is 2.85. The highest BCUT2D eigenvalue weighted by atomic mass is 16.5. The van der Waals surface area contributed by atoms with Crippen LogP contribution >= 0.6 is 0 Å². The second-order valence-corrected chi connectivity index (χ2v) is 4.42. The number of nitrogens with one attached hydrogen (secondary N) is 1. The van der Waals surface area contributed by atoms with Gasteiger partial charge < -0.3 is 19.5 Å². The molecule has 0 amide bonds. The maximum atomic E-state index is 11.4. The van der Waals surface area contributed by atoms with Gasteiger partial charge in [0.1, 0.15) is 0 Å². The minimum atomic E-state index is -0.432. The van der Waals surface area contributed by atoms with E-state index < -0.39 is 11.9 Å². The van der Waals surface area contributed by atoms with Crippen LogP contribution in [0, 0.1) is 0 Å². The van der Waals surface area contributed by atoms with Gasteiger partial charge in [-0.05, 0) is 20.8 Å². The molecule has 1 aliphatic heterocycles. The van der Waals surface area contributed by atoms with Crippen molar-refractivity contribution in [1.82, 2.24) is 5.32 Å². The average Bonchev–Trinajstić information content (AvgIpc) is 2.46. The Morgan fingerprint density at radius 1 is 1.00 bits per heavy atom. The highest BCUT2D eigenvalue weighted by Gasteiger charge is 2.25. The highest BCUT2D eigenvalue weighted by Crippen LogP contribution is 2.24. The van der Waals surface area contributed by atoms with E-state index in [-0.39, 0.29) is 12.4 Å². The van der Waals surface area contributed by atoms with Crippen molar-refractivity contribution in [2.24, 2.45) is 0 Å². The Balaban J connectivity index is 0.000000626. The lowest BCUT2D eigenvalue weighted by Crippen LogP contribution is -2.26. The van der Waals surface area contributed by atoms with E-state index in [4.69, 9.17) is 0 Å². The summed E-state index contributed by atoms with van der Waals surface area (Å²) in [4.78, 5) is 32.7. The largest absolute Gasteiger partial charge is 0.466 e. The third kappa shape index (κ3) is 5.99. The number of allylic oxidation sites excluding steroid dienone is 2. The van der Waals surface area contributed by atoms with Crippen molar-refractivity contribution < 1.29 is 28.6 Å². The molecule has 0 fully saturated rings. The van der Waals surface area contributed by atoms with Crippen LogP contribution in [-0.2, 0) is 28.6 Å². The molecule has 22 heavy (non-hydrogen) atoms. The zero-order valence-corrected chi connectivity index (χ0v) is 13.9. The molecule has 0 saturated heterocycles. The van der Waals surface area contributed by atoms with Crippen LogP contribution in [0.2, 0.25) is 0 Å². The van der Waals surface area contributed by atoms with Gasteiger partial charge in [0.15, 0.2) is 0 Å². The Morgan fingerprint density at radius 3 is 1.64 bits per heavy atom. The number of dihydropyridines is 1. The minimum Gasteiger partial charge on any atom is -0.466 e. The van der Waals surface area contributed by atoms with Gasteiger partial charge in [0.05, 0.1) is 32.0 Å². The van der Waals surface area contributed by atoms with E-state index >= 15 is 0 Å². The van der Waals surface area contributed by atoms with Crippen molar-refractivity contribution in [2.75, 3.05) is 20.8 Å². The SMILES string of the molecule is CCOC(C)=O.COC(=O)C1=C(C)NC(C)=C(C(=O)OC)C1. The molecule has 0 unspecified atom stereocenters. The van der Waals surface area contributed by atoms with Crippen molar-refractivity contribution in [3.8, 4) is 0 Å². The fourth-order valence-corrected chi connectivity index (χ4v) is 1.77. The van der Waals surface area contributed by atoms with E-state index in [1.54, 1.807) is 20.8 Å². The number of methoxy groups -OCH3 is 2. The molecule has 124 valence electrons. The molecular weight excluding hydrogens is 290 g/mol. The van der Waals surface area contributed by atoms with Crippen LogP contribution in [0.4, 0.5) is 0 Å². The number of rotatable bonds is 3. The van der Waals surface area contributed by atoms with Gasteiger partial charge in [0.2, 0.25) is 0 Å². The number of carbonyl (C=O) groups excluding carboxylic acids is 3. The van der Waals surface area contributed by atoms with Crippen LogP contribution in [0.15, 0.2) is 22.5 Å². The molecule has 7 nitrogen and oxygen atoms in total. The maximum Gasteiger partial charge on any atom is 0.335 e. The summed E-state index contributed by atoms with van der Waals surface area (Å²) < 4.78 is 13.7. The molecule has 0 bridgehead atoms. The number of hydrogen-bond donors (Lipinski definition) is 1. The fourth-order valence-electron chi connectivity index (χ4n) is 1.77. The zero-order valence-electron chi connectivity index (χ0n) is 13.9. The summed E-state index contributed by atoms with van der Waals surface area (Å²) in [6.07, 6.45) is 0.240. The highest BCUT2D eigenvalue weighted by molar-refractivity contribution is 5.96. The number of esters is 3. The average molecular weight is 313 g/mol. The molecule has 0 aromatic rings. The summed E-state index contributed by atoms with van der Waals surface area (Å²) in [5, 5.41) is 2.97. The fraction of sp³-hybridized carbons (Fsp3) is 0.533. The van der Waals surface area contributed by atoms with E-state index in [1.165, 1.54) is 21.1 Å². The summed E-state index contributed by atoms with van der Waals surface area (Å²) >= 11 is 0. The summed E-state index contributed by atoms with van der Waals surface area (Å²) in [6, 6.07) is 0. The summed E-state index contributed by atoms with van der Waals surface area (Å²) in [6.45, 7) is 7.19. The molecule has 0 saturated carbocycles. The second kappa shape index (κ2) is 9.59. The molecule has 1 aliphatic rings. The Bertz CT molecular complexity index is 468. The van der Waals surface area contributed by atoms with Crippen molar-refractivity contribution in [2.45, 2.75) is 34.1 Å². The predicted octanol–water partition coefficient (Wildman–Crippen LogP) is 1.44. The molecule has 0 aromatic carbocycles. The van der Waals surface area contributed by atoms with Crippen LogP contribution in [0.25, 0.3) is 0 Å². The van der Waals surface area contributed by atoms with Gasteiger partial charge in [-0.3, -0.25) is 4.79 Å². The lowest BCUT2D eigenvalue weighted by Gasteiger charge is -2.21. The lowest BCUT2D eigenvalue weighted by molar-refractivity contribution is -0.140. The minimum absolute atomic E-state index is 0.211.